The van der Waals surface area contributed by atoms with Crippen LogP contribution in [-0.4, -0.2) is 79.1 Å². The van der Waals surface area contributed by atoms with Gasteiger partial charge in [0.25, 0.3) is 5.91 Å². The Morgan fingerprint density at radius 2 is 1.73 bits per heavy atom. The first-order valence-corrected chi connectivity index (χ1v) is 12.9. The fraction of sp³-hybridized carbons (Fsp3) is 0.500. The number of nitrogens with zero attached hydrogens (tertiary/aromatic N) is 8. The molecule has 0 N–H and O–H groups in total. The van der Waals surface area contributed by atoms with Gasteiger partial charge in [-0.2, -0.15) is 19.6 Å². The quantitative estimate of drug-likeness (QED) is 0.471. The number of hydrogen-bond donors (Lipinski definition) is 0. The summed E-state index contributed by atoms with van der Waals surface area (Å²) >= 11 is 3.51. The zero-order valence-electron chi connectivity index (χ0n) is 19.1. The Kier molecular flexibility index (Phi) is 6.47. The third kappa shape index (κ3) is 4.49. The van der Waals surface area contributed by atoms with Crippen LogP contribution in [0.3, 0.4) is 0 Å². The van der Waals surface area contributed by atoms with Crippen molar-refractivity contribution in [3.05, 3.63) is 45.7 Å². The molecular formula is C20H27BrN8O3S. The average Bonchev–Trinajstić information content (AvgIpc) is 3.49. The van der Waals surface area contributed by atoms with Crippen molar-refractivity contribution < 1.29 is 13.2 Å². The van der Waals surface area contributed by atoms with E-state index in [9.17, 15) is 13.2 Å². The van der Waals surface area contributed by atoms with Crippen molar-refractivity contribution in [2.45, 2.75) is 45.8 Å². The molecule has 0 aromatic carbocycles. The maximum absolute atomic E-state index is 13.1. The van der Waals surface area contributed by atoms with E-state index in [2.05, 4.69) is 31.2 Å². The summed E-state index contributed by atoms with van der Waals surface area (Å²) in [5, 5.41) is 13.1. The van der Waals surface area contributed by atoms with Crippen molar-refractivity contribution in [3.8, 4) is 0 Å². The van der Waals surface area contributed by atoms with E-state index in [1.165, 1.54) is 4.31 Å². The van der Waals surface area contributed by atoms with E-state index in [-0.39, 0.29) is 23.9 Å². The van der Waals surface area contributed by atoms with Crippen LogP contribution < -0.4 is 0 Å². The second-order valence-corrected chi connectivity index (χ2v) is 10.7. The van der Waals surface area contributed by atoms with Crippen LogP contribution in [0.25, 0.3) is 0 Å². The van der Waals surface area contributed by atoms with E-state index < -0.39 is 10.0 Å². The minimum Gasteiger partial charge on any atom is -0.335 e. The molecular weight excluding hydrogens is 512 g/mol. The summed E-state index contributed by atoms with van der Waals surface area (Å²) in [6, 6.07) is 1.68. The highest BCUT2D eigenvalue weighted by atomic mass is 79.9. The number of halogens is 1. The zero-order valence-corrected chi connectivity index (χ0v) is 21.5. The van der Waals surface area contributed by atoms with Crippen molar-refractivity contribution in [1.29, 1.82) is 0 Å². The first-order chi connectivity index (χ1) is 15.6. The molecule has 1 amide bonds. The molecule has 3 aromatic rings. The number of rotatable bonds is 6. The Bertz CT molecular complexity index is 1280. The first kappa shape index (κ1) is 23.6. The molecule has 4 rings (SSSR count). The molecule has 13 heteroatoms. The summed E-state index contributed by atoms with van der Waals surface area (Å²) in [5.41, 5.74) is 2.68. The molecule has 0 bridgehead atoms. The minimum absolute atomic E-state index is 0.213. The van der Waals surface area contributed by atoms with Crippen LogP contribution in [0.4, 0.5) is 0 Å². The third-order valence-corrected chi connectivity index (χ3v) is 8.95. The number of hydrogen-bond acceptors (Lipinski definition) is 6. The van der Waals surface area contributed by atoms with Crippen LogP contribution >= 0.6 is 15.9 Å². The van der Waals surface area contributed by atoms with Gasteiger partial charge in [0, 0.05) is 45.1 Å². The Hall–Kier alpha value is -2.51. The monoisotopic (exact) mass is 538 g/mol. The molecule has 1 aliphatic rings. The summed E-state index contributed by atoms with van der Waals surface area (Å²) in [4.78, 5) is 14.8. The highest BCUT2D eigenvalue weighted by molar-refractivity contribution is 9.10. The predicted molar refractivity (Wildman–Crippen MR) is 124 cm³/mol. The van der Waals surface area contributed by atoms with Gasteiger partial charge in [-0.1, -0.05) is 0 Å². The van der Waals surface area contributed by atoms with Crippen LogP contribution in [0.5, 0.6) is 0 Å². The lowest BCUT2D eigenvalue weighted by Gasteiger charge is -2.33. The SMILES string of the molecule is CCn1cc(S(=O)(=O)N2CCN(C(=O)c3ccn(Cn4nc(C)c(Br)c4C)n3)CC2)c(C)n1. The van der Waals surface area contributed by atoms with E-state index in [0.29, 0.717) is 37.7 Å². The van der Waals surface area contributed by atoms with Crippen molar-refractivity contribution >= 4 is 31.9 Å². The number of piperazine rings is 1. The Morgan fingerprint density at radius 3 is 2.30 bits per heavy atom. The van der Waals surface area contributed by atoms with Crippen molar-refractivity contribution in [2.24, 2.45) is 0 Å². The molecule has 3 aromatic heterocycles. The average molecular weight is 539 g/mol. The lowest BCUT2D eigenvalue weighted by atomic mass is 10.3. The predicted octanol–water partition coefficient (Wildman–Crippen LogP) is 1.64. The van der Waals surface area contributed by atoms with Crippen LogP contribution in [-0.2, 0) is 23.2 Å². The van der Waals surface area contributed by atoms with Crippen LogP contribution in [0, 0.1) is 20.8 Å². The van der Waals surface area contributed by atoms with E-state index >= 15 is 0 Å². The fourth-order valence-corrected chi connectivity index (χ4v) is 5.73. The number of amides is 1. The number of aromatic nitrogens is 6. The summed E-state index contributed by atoms with van der Waals surface area (Å²) in [6.45, 7) is 9.53. The maximum Gasteiger partial charge on any atom is 0.274 e. The normalized spacial score (nSPS) is 15.4. The second-order valence-electron chi connectivity index (χ2n) is 8.00. The van der Waals surface area contributed by atoms with Gasteiger partial charge in [0.2, 0.25) is 10.0 Å². The molecule has 0 unspecified atom stereocenters. The van der Waals surface area contributed by atoms with Gasteiger partial charge < -0.3 is 4.90 Å². The number of aryl methyl sites for hydroxylation is 3. The molecule has 1 aliphatic heterocycles. The van der Waals surface area contributed by atoms with Gasteiger partial charge in [-0.05, 0) is 49.7 Å². The first-order valence-electron chi connectivity index (χ1n) is 10.7. The fourth-order valence-electron chi connectivity index (χ4n) is 3.85. The van der Waals surface area contributed by atoms with Gasteiger partial charge in [-0.15, -0.1) is 0 Å². The lowest BCUT2D eigenvalue weighted by Crippen LogP contribution is -2.50. The van der Waals surface area contributed by atoms with Crippen molar-refractivity contribution in [1.82, 2.24) is 38.5 Å². The lowest BCUT2D eigenvalue weighted by molar-refractivity contribution is 0.0691. The summed E-state index contributed by atoms with van der Waals surface area (Å²) in [5.74, 6) is -0.213. The molecule has 0 saturated carbocycles. The molecule has 0 radical (unpaired) electrons. The van der Waals surface area contributed by atoms with Crippen molar-refractivity contribution in [2.75, 3.05) is 26.2 Å². The molecule has 1 saturated heterocycles. The maximum atomic E-state index is 13.1. The van der Waals surface area contributed by atoms with Gasteiger partial charge in [-0.25, -0.2) is 13.1 Å². The molecule has 0 atom stereocenters. The highest BCUT2D eigenvalue weighted by Gasteiger charge is 2.33. The minimum atomic E-state index is -3.65. The summed E-state index contributed by atoms with van der Waals surface area (Å²) in [7, 11) is -3.65. The largest absolute Gasteiger partial charge is 0.335 e. The zero-order chi connectivity index (χ0) is 23.9. The van der Waals surface area contributed by atoms with E-state index in [4.69, 9.17) is 0 Å². The van der Waals surface area contributed by atoms with E-state index in [0.717, 1.165) is 15.9 Å². The van der Waals surface area contributed by atoms with Crippen LogP contribution in [0.2, 0.25) is 0 Å². The summed E-state index contributed by atoms with van der Waals surface area (Å²) in [6.07, 6.45) is 3.31. The van der Waals surface area contributed by atoms with Gasteiger partial charge in [0.05, 0.1) is 21.6 Å². The second kappa shape index (κ2) is 9.03. The standard InChI is InChI=1S/C20H27BrN8O3S/c1-5-26-12-18(14(2)22-26)33(31,32)28-10-8-25(9-11-28)20(30)17-6-7-27(24-17)13-29-16(4)19(21)15(3)23-29/h6-7,12H,5,8-11,13H2,1-4H3. The number of sulfonamides is 1. The van der Waals surface area contributed by atoms with E-state index in [1.54, 1.807) is 39.6 Å². The molecule has 4 heterocycles. The Morgan fingerprint density at radius 1 is 1.03 bits per heavy atom. The van der Waals surface area contributed by atoms with Gasteiger partial charge in [0.15, 0.2) is 0 Å². The number of carbonyl (C=O) groups is 1. The van der Waals surface area contributed by atoms with Crippen LogP contribution in [0.15, 0.2) is 27.8 Å². The molecule has 178 valence electrons. The van der Waals surface area contributed by atoms with Crippen molar-refractivity contribution in [3.63, 3.8) is 0 Å². The smallest absolute Gasteiger partial charge is 0.274 e. The summed E-state index contributed by atoms with van der Waals surface area (Å²) < 4.78 is 33.6. The van der Waals surface area contributed by atoms with Crippen LogP contribution in [0.1, 0.15) is 34.5 Å². The van der Waals surface area contributed by atoms with Gasteiger partial charge in [-0.3, -0.25) is 14.2 Å². The third-order valence-electron chi connectivity index (χ3n) is 5.80. The van der Waals surface area contributed by atoms with E-state index in [1.807, 2.05) is 25.5 Å². The van der Waals surface area contributed by atoms with Gasteiger partial charge >= 0.3 is 0 Å². The molecule has 33 heavy (non-hydrogen) atoms. The molecule has 1 fully saturated rings. The number of carbonyl (C=O) groups excluding carboxylic acids is 1. The molecule has 0 spiro atoms. The highest BCUT2D eigenvalue weighted by Crippen LogP contribution is 2.22. The molecule has 11 nitrogen and oxygen atoms in total. The Labute approximate surface area is 201 Å². The Balaban J connectivity index is 1.40. The van der Waals surface area contributed by atoms with Gasteiger partial charge in [0.1, 0.15) is 17.3 Å². The molecule has 0 aliphatic carbocycles. The topological polar surface area (TPSA) is 111 Å².